The van der Waals surface area contributed by atoms with Crippen LogP contribution in [-0.4, -0.2) is 22.5 Å². The molecule has 1 N–H and O–H groups in total. The van der Waals surface area contributed by atoms with Crippen LogP contribution in [0.3, 0.4) is 0 Å². The van der Waals surface area contributed by atoms with Gasteiger partial charge in [0.1, 0.15) is 12.4 Å². The number of para-hydroxylation sites is 1. The van der Waals surface area contributed by atoms with Crippen LogP contribution < -0.4 is 15.8 Å². The highest BCUT2D eigenvalue weighted by Crippen LogP contribution is 2.18. The minimum atomic E-state index is -0.344. The Kier molecular flexibility index (Phi) is 5.54. The first kappa shape index (κ1) is 19.3. The molecule has 0 atom stereocenters. The van der Waals surface area contributed by atoms with Crippen LogP contribution in [0.2, 0.25) is 0 Å². The lowest BCUT2D eigenvalue weighted by atomic mass is 10.2. The average Bonchev–Trinajstić information content (AvgIpc) is 2.67. The number of hydrogen-bond acceptors (Lipinski definition) is 4. The first-order valence-electron chi connectivity index (χ1n) is 8.78. The van der Waals surface area contributed by atoms with Crippen molar-refractivity contribution >= 4 is 23.2 Å². The van der Waals surface area contributed by atoms with Gasteiger partial charge < -0.3 is 10.2 Å². The monoisotopic (exact) mass is 380 g/mol. The number of rotatable bonds is 5. The molecule has 1 amide bonds. The van der Waals surface area contributed by atoms with E-state index in [1.165, 1.54) is 21.6 Å². The lowest BCUT2D eigenvalue weighted by Crippen LogP contribution is -2.35. The minimum absolute atomic E-state index is 0.181. The highest BCUT2D eigenvalue weighted by Gasteiger charge is 2.16. The van der Waals surface area contributed by atoms with Crippen LogP contribution in [0.25, 0.3) is 0 Å². The van der Waals surface area contributed by atoms with E-state index in [2.05, 4.69) is 10.3 Å². The largest absolute Gasteiger partial charge is 0.326 e. The number of nitrogens with zero attached hydrogens (tertiary/aromatic N) is 3. The summed E-state index contributed by atoms with van der Waals surface area (Å²) in [5.41, 5.74) is 1.94. The molecule has 0 fully saturated rings. The molecule has 28 heavy (non-hydrogen) atoms. The Labute approximate surface area is 162 Å². The van der Waals surface area contributed by atoms with Crippen molar-refractivity contribution in [2.24, 2.45) is 0 Å². The molecule has 3 rings (SSSR count). The van der Waals surface area contributed by atoms with E-state index in [9.17, 15) is 14.0 Å². The number of amides is 1. The zero-order valence-corrected chi connectivity index (χ0v) is 15.9. The molecule has 0 aliphatic carbocycles. The van der Waals surface area contributed by atoms with Crippen molar-refractivity contribution in [3.05, 3.63) is 82.0 Å². The highest BCUT2D eigenvalue weighted by atomic mass is 19.1. The topological polar surface area (TPSA) is 67.2 Å². The van der Waals surface area contributed by atoms with Crippen molar-refractivity contribution in [3.8, 4) is 0 Å². The standard InChI is InChI=1S/C21H21FN4O2/c1-14-11-16(9-10-18(14)22)24-21-23-15(2)12-19(27)26(21)13-20(28)25(3)17-7-5-4-6-8-17/h4-12H,13H2,1-3H3,(H,23,24). The van der Waals surface area contributed by atoms with Crippen molar-refractivity contribution in [1.29, 1.82) is 0 Å². The Bertz CT molecular complexity index is 1060. The first-order chi connectivity index (χ1) is 13.3. The summed E-state index contributed by atoms with van der Waals surface area (Å²) in [6.07, 6.45) is 0. The predicted molar refractivity (Wildman–Crippen MR) is 108 cm³/mol. The smallest absolute Gasteiger partial charge is 0.255 e. The van der Waals surface area contributed by atoms with Crippen molar-refractivity contribution in [1.82, 2.24) is 9.55 Å². The quantitative estimate of drug-likeness (QED) is 0.737. The Morgan fingerprint density at radius 3 is 2.54 bits per heavy atom. The van der Waals surface area contributed by atoms with Crippen molar-refractivity contribution in [2.75, 3.05) is 17.3 Å². The molecule has 0 radical (unpaired) electrons. The van der Waals surface area contributed by atoms with Crippen LogP contribution in [-0.2, 0) is 11.3 Å². The molecule has 2 aromatic carbocycles. The van der Waals surface area contributed by atoms with E-state index in [0.717, 1.165) is 5.69 Å². The fourth-order valence-corrected chi connectivity index (χ4v) is 2.76. The van der Waals surface area contributed by atoms with Crippen LogP contribution in [0.4, 0.5) is 21.7 Å². The van der Waals surface area contributed by atoms with Gasteiger partial charge in [-0.25, -0.2) is 9.37 Å². The van der Waals surface area contributed by atoms with E-state index in [1.54, 1.807) is 33.0 Å². The molecular weight excluding hydrogens is 359 g/mol. The Morgan fingerprint density at radius 1 is 1.14 bits per heavy atom. The molecule has 144 valence electrons. The summed E-state index contributed by atoms with van der Waals surface area (Å²) < 4.78 is 14.8. The average molecular weight is 380 g/mol. The van der Waals surface area contributed by atoms with E-state index in [0.29, 0.717) is 16.9 Å². The second-order valence-electron chi connectivity index (χ2n) is 6.52. The second-order valence-corrected chi connectivity index (χ2v) is 6.52. The van der Waals surface area contributed by atoms with Gasteiger partial charge in [0, 0.05) is 30.2 Å². The molecule has 1 heterocycles. The number of anilines is 3. The summed E-state index contributed by atoms with van der Waals surface area (Å²) in [7, 11) is 1.65. The number of hydrogen-bond donors (Lipinski definition) is 1. The molecule has 0 unspecified atom stereocenters. The van der Waals surface area contributed by atoms with Crippen LogP contribution in [0, 0.1) is 19.7 Å². The van der Waals surface area contributed by atoms with E-state index in [4.69, 9.17) is 0 Å². The molecule has 3 aromatic rings. The maximum absolute atomic E-state index is 13.5. The van der Waals surface area contributed by atoms with E-state index < -0.39 is 0 Å². The van der Waals surface area contributed by atoms with Crippen molar-refractivity contribution < 1.29 is 9.18 Å². The van der Waals surface area contributed by atoms with Crippen LogP contribution in [0.15, 0.2) is 59.4 Å². The van der Waals surface area contributed by atoms with Crippen molar-refractivity contribution in [2.45, 2.75) is 20.4 Å². The van der Waals surface area contributed by atoms with Crippen LogP contribution >= 0.6 is 0 Å². The van der Waals surface area contributed by atoms with Crippen LogP contribution in [0.5, 0.6) is 0 Å². The second kappa shape index (κ2) is 8.04. The fraction of sp³-hybridized carbons (Fsp3) is 0.190. The SMILES string of the molecule is Cc1cc(=O)n(CC(=O)N(C)c2ccccc2)c(Nc2ccc(F)c(C)c2)n1. The van der Waals surface area contributed by atoms with Gasteiger partial charge in [-0.3, -0.25) is 14.2 Å². The molecule has 1 aromatic heterocycles. The normalized spacial score (nSPS) is 10.6. The summed E-state index contributed by atoms with van der Waals surface area (Å²) >= 11 is 0. The summed E-state index contributed by atoms with van der Waals surface area (Å²) in [5, 5.41) is 3.02. The van der Waals surface area contributed by atoms with Gasteiger partial charge in [0.2, 0.25) is 11.9 Å². The number of benzene rings is 2. The number of nitrogens with one attached hydrogen (secondary N) is 1. The van der Waals surface area contributed by atoms with Gasteiger partial charge in [-0.2, -0.15) is 0 Å². The fourth-order valence-electron chi connectivity index (χ4n) is 2.76. The molecule has 0 aliphatic rings. The number of aryl methyl sites for hydroxylation is 2. The predicted octanol–water partition coefficient (Wildman–Crippen LogP) is 3.41. The van der Waals surface area contributed by atoms with Crippen LogP contribution in [0.1, 0.15) is 11.3 Å². The van der Waals surface area contributed by atoms with E-state index in [1.807, 2.05) is 30.3 Å². The third-order valence-electron chi connectivity index (χ3n) is 4.36. The molecule has 0 saturated carbocycles. The van der Waals surface area contributed by atoms with E-state index >= 15 is 0 Å². The number of carbonyl (C=O) groups is 1. The number of halogens is 1. The Morgan fingerprint density at radius 2 is 1.86 bits per heavy atom. The van der Waals surface area contributed by atoms with Crippen molar-refractivity contribution in [3.63, 3.8) is 0 Å². The summed E-state index contributed by atoms with van der Waals surface area (Å²) in [4.78, 5) is 31.1. The zero-order chi connectivity index (χ0) is 20.3. The molecular formula is C21H21FN4O2. The maximum atomic E-state index is 13.5. The lowest BCUT2D eigenvalue weighted by molar-refractivity contribution is -0.118. The number of carbonyl (C=O) groups excluding carboxylic acids is 1. The Hall–Kier alpha value is -3.48. The molecule has 0 aliphatic heterocycles. The van der Waals surface area contributed by atoms with E-state index in [-0.39, 0.29) is 29.8 Å². The zero-order valence-electron chi connectivity index (χ0n) is 15.9. The van der Waals surface area contributed by atoms with Gasteiger partial charge in [-0.15, -0.1) is 0 Å². The number of aromatic nitrogens is 2. The van der Waals surface area contributed by atoms with Gasteiger partial charge >= 0.3 is 0 Å². The molecule has 0 spiro atoms. The van der Waals surface area contributed by atoms with Gasteiger partial charge in [0.15, 0.2) is 0 Å². The van der Waals surface area contributed by atoms with Gasteiger partial charge in [0.25, 0.3) is 5.56 Å². The number of likely N-dealkylation sites (N-methyl/N-ethyl adjacent to an activating group) is 1. The Balaban J connectivity index is 1.91. The maximum Gasteiger partial charge on any atom is 0.255 e. The highest BCUT2D eigenvalue weighted by molar-refractivity contribution is 5.92. The van der Waals surface area contributed by atoms with Gasteiger partial charge in [0.05, 0.1) is 0 Å². The lowest BCUT2D eigenvalue weighted by Gasteiger charge is -2.19. The molecule has 6 nitrogen and oxygen atoms in total. The first-order valence-corrected chi connectivity index (χ1v) is 8.78. The molecule has 0 bridgehead atoms. The minimum Gasteiger partial charge on any atom is -0.326 e. The van der Waals surface area contributed by atoms with Gasteiger partial charge in [-0.1, -0.05) is 18.2 Å². The molecule has 0 saturated heterocycles. The third-order valence-corrected chi connectivity index (χ3v) is 4.36. The summed E-state index contributed by atoms with van der Waals surface area (Å²) in [5.74, 6) is -0.358. The summed E-state index contributed by atoms with van der Waals surface area (Å²) in [6.45, 7) is 3.17. The summed E-state index contributed by atoms with van der Waals surface area (Å²) in [6, 6.07) is 15.0. The third kappa shape index (κ3) is 4.25. The van der Waals surface area contributed by atoms with Gasteiger partial charge in [-0.05, 0) is 49.7 Å². The molecule has 7 heteroatoms.